The summed E-state index contributed by atoms with van der Waals surface area (Å²) in [6.45, 7) is 7.36. The van der Waals surface area contributed by atoms with E-state index in [0.29, 0.717) is 5.92 Å². The van der Waals surface area contributed by atoms with Crippen LogP contribution in [0, 0.1) is 5.92 Å². The van der Waals surface area contributed by atoms with Crippen molar-refractivity contribution in [3.8, 4) is 0 Å². The fourth-order valence-electron chi connectivity index (χ4n) is 1.33. The smallest absolute Gasteiger partial charge is 0.160 e. The molecule has 1 aliphatic rings. The summed E-state index contributed by atoms with van der Waals surface area (Å²) < 4.78 is 10.8. The van der Waals surface area contributed by atoms with Crippen LogP contribution in [-0.2, 0) is 9.47 Å². The third-order valence-electron chi connectivity index (χ3n) is 2.03. The molecule has 0 saturated carbocycles. The van der Waals surface area contributed by atoms with Crippen LogP contribution in [0.1, 0.15) is 19.8 Å². The summed E-state index contributed by atoms with van der Waals surface area (Å²) >= 11 is 0. The average Bonchev–Trinajstić information content (AvgIpc) is 2.52. The molecule has 1 atom stereocenters. The predicted molar refractivity (Wildman–Crippen MR) is 44.3 cm³/mol. The first kappa shape index (κ1) is 8.75. The van der Waals surface area contributed by atoms with E-state index in [0.717, 1.165) is 26.1 Å². The maximum absolute atomic E-state index is 5.39. The monoisotopic (exact) mass is 156 g/mol. The Hall–Kier alpha value is -0.340. The molecule has 0 spiro atoms. The van der Waals surface area contributed by atoms with E-state index in [1.807, 2.05) is 6.08 Å². The average molecular weight is 156 g/mol. The van der Waals surface area contributed by atoms with Crippen molar-refractivity contribution in [3.63, 3.8) is 0 Å². The van der Waals surface area contributed by atoms with Gasteiger partial charge in [0.05, 0.1) is 13.2 Å². The van der Waals surface area contributed by atoms with E-state index < -0.39 is 0 Å². The largest absolute Gasteiger partial charge is 0.350 e. The van der Waals surface area contributed by atoms with Gasteiger partial charge in [-0.3, -0.25) is 0 Å². The fraction of sp³-hybridized carbons (Fsp3) is 0.778. The summed E-state index contributed by atoms with van der Waals surface area (Å²) in [4.78, 5) is 0. The van der Waals surface area contributed by atoms with Crippen molar-refractivity contribution < 1.29 is 9.47 Å². The summed E-state index contributed by atoms with van der Waals surface area (Å²) in [6.07, 6.45) is 4.04. The summed E-state index contributed by atoms with van der Waals surface area (Å²) in [5.74, 6) is 0.495. The highest BCUT2D eigenvalue weighted by Crippen LogP contribution is 2.21. The number of ether oxygens (including phenoxy) is 2. The molecule has 1 rings (SSSR count). The van der Waals surface area contributed by atoms with Crippen LogP contribution >= 0.6 is 0 Å². The van der Waals surface area contributed by atoms with E-state index in [4.69, 9.17) is 9.47 Å². The molecular weight excluding hydrogens is 140 g/mol. The zero-order chi connectivity index (χ0) is 8.10. The number of allylic oxidation sites excluding steroid dienone is 1. The quantitative estimate of drug-likeness (QED) is 0.579. The third kappa shape index (κ3) is 2.31. The first-order chi connectivity index (χ1) is 5.38. The van der Waals surface area contributed by atoms with Crippen LogP contribution in [0.4, 0.5) is 0 Å². The van der Waals surface area contributed by atoms with Crippen molar-refractivity contribution in [2.75, 3.05) is 13.2 Å². The highest BCUT2D eigenvalue weighted by Gasteiger charge is 2.23. The van der Waals surface area contributed by atoms with Crippen molar-refractivity contribution in [2.24, 2.45) is 5.92 Å². The van der Waals surface area contributed by atoms with Crippen molar-refractivity contribution in [3.05, 3.63) is 12.7 Å². The Kier molecular flexibility index (Phi) is 3.60. The van der Waals surface area contributed by atoms with E-state index in [9.17, 15) is 0 Å². The number of rotatable bonds is 4. The van der Waals surface area contributed by atoms with Gasteiger partial charge < -0.3 is 9.47 Å². The molecule has 1 heterocycles. The molecule has 0 amide bonds. The second kappa shape index (κ2) is 4.52. The van der Waals surface area contributed by atoms with Crippen molar-refractivity contribution in [1.82, 2.24) is 0 Å². The van der Waals surface area contributed by atoms with Crippen LogP contribution in [0.5, 0.6) is 0 Å². The SMILES string of the molecule is C=CCC(CC)C1OCCO1. The lowest BCUT2D eigenvalue weighted by Gasteiger charge is -2.18. The van der Waals surface area contributed by atoms with Crippen molar-refractivity contribution in [2.45, 2.75) is 26.1 Å². The van der Waals surface area contributed by atoms with Gasteiger partial charge in [0.15, 0.2) is 6.29 Å². The molecule has 0 aromatic rings. The molecule has 1 saturated heterocycles. The Labute approximate surface area is 68.2 Å². The summed E-state index contributed by atoms with van der Waals surface area (Å²) in [6, 6.07) is 0. The second-order valence-electron chi connectivity index (χ2n) is 2.80. The third-order valence-corrected chi connectivity index (χ3v) is 2.03. The first-order valence-corrected chi connectivity index (χ1v) is 4.22. The molecule has 0 radical (unpaired) electrons. The molecule has 0 bridgehead atoms. The number of hydrogen-bond donors (Lipinski definition) is 0. The molecule has 1 unspecified atom stereocenters. The second-order valence-corrected chi connectivity index (χ2v) is 2.80. The molecule has 2 heteroatoms. The molecule has 1 fully saturated rings. The summed E-state index contributed by atoms with van der Waals surface area (Å²) in [5, 5.41) is 0. The lowest BCUT2D eigenvalue weighted by atomic mass is 10.0. The standard InChI is InChI=1S/C9H16O2/c1-3-5-8(4-2)9-10-6-7-11-9/h3,8-9H,1,4-7H2,2H3. The normalized spacial score (nSPS) is 21.9. The van der Waals surface area contributed by atoms with Crippen LogP contribution in [0.3, 0.4) is 0 Å². The first-order valence-electron chi connectivity index (χ1n) is 4.22. The minimum atomic E-state index is 0.0259. The Balaban J connectivity index is 2.33. The van der Waals surface area contributed by atoms with Gasteiger partial charge in [-0.15, -0.1) is 6.58 Å². The topological polar surface area (TPSA) is 18.5 Å². The maximum atomic E-state index is 5.39. The van der Waals surface area contributed by atoms with E-state index in [-0.39, 0.29) is 6.29 Å². The van der Waals surface area contributed by atoms with Crippen LogP contribution in [0.15, 0.2) is 12.7 Å². The van der Waals surface area contributed by atoms with Gasteiger partial charge in [-0.2, -0.15) is 0 Å². The minimum Gasteiger partial charge on any atom is -0.350 e. The zero-order valence-corrected chi connectivity index (χ0v) is 7.08. The molecular formula is C9H16O2. The minimum absolute atomic E-state index is 0.0259. The van der Waals surface area contributed by atoms with E-state index in [1.165, 1.54) is 0 Å². The van der Waals surface area contributed by atoms with Gasteiger partial charge in [0.2, 0.25) is 0 Å². The lowest BCUT2D eigenvalue weighted by molar-refractivity contribution is -0.0833. The molecule has 1 aliphatic heterocycles. The van der Waals surface area contributed by atoms with Crippen LogP contribution in [0.2, 0.25) is 0 Å². The van der Waals surface area contributed by atoms with E-state index in [1.54, 1.807) is 0 Å². The van der Waals surface area contributed by atoms with Gasteiger partial charge in [0.1, 0.15) is 0 Å². The number of hydrogen-bond acceptors (Lipinski definition) is 2. The lowest BCUT2D eigenvalue weighted by Crippen LogP contribution is -2.20. The predicted octanol–water partition coefficient (Wildman–Crippen LogP) is 1.96. The van der Waals surface area contributed by atoms with Crippen LogP contribution < -0.4 is 0 Å². The molecule has 0 aliphatic carbocycles. The van der Waals surface area contributed by atoms with Crippen molar-refractivity contribution in [1.29, 1.82) is 0 Å². The van der Waals surface area contributed by atoms with Crippen molar-refractivity contribution >= 4 is 0 Å². The van der Waals surface area contributed by atoms with Gasteiger partial charge in [0.25, 0.3) is 0 Å². The van der Waals surface area contributed by atoms with Gasteiger partial charge in [-0.05, 0) is 12.8 Å². The highest BCUT2D eigenvalue weighted by molar-refractivity contribution is 4.75. The Morgan fingerprint density at radius 3 is 2.64 bits per heavy atom. The Morgan fingerprint density at radius 2 is 2.18 bits per heavy atom. The molecule has 0 N–H and O–H groups in total. The fourth-order valence-corrected chi connectivity index (χ4v) is 1.33. The Morgan fingerprint density at radius 1 is 1.55 bits per heavy atom. The van der Waals surface area contributed by atoms with Gasteiger partial charge in [-0.1, -0.05) is 13.0 Å². The maximum Gasteiger partial charge on any atom is 0.160 e. The van der Waals surface area contributed by atoms with E-state index >= 15 is 0 Å². The van der Waals surface area contributed by atoms with Gasteiger partial charge in [0, 0.05) is 5.92 Å². The Bertz CT molecular complexity index is 117. The van der Waals surface area contributed by atoms with Gasteiger partial charge >= 0.3 is 0 Å². The molecule has 0 aromatic heterocycles. The van der Waals surface area contributed by atoms with Crippen LogP contribution in [-0.4, -0.2) is 19.5 Å². The zero-order valence-electron chi connectivity index (χ0n) is 7.08. The summed E-state index contributed by atoms with van der Waals surface area (Å²) in [5.41, 5.74) is 0. The van der Waals surface area contributed by atoms with Gasteiger partial charge in [-0.25, -0.2) is 0 Å². The molecule has 11 heavy (non-hydrogen) atoms. The summed E-state index contributed by atoms with van der Waals surface area (Å²) in [7, 11) is 0. The highest BCUT2D eigenvalue weighted by atomic mass is 16.7. The van der Waals surface area contributed by atoms with E-state index in [2.05, 4.69) is 13.5 Å². The van der Waals surface area contributed by atoms with Crippen LogP contribution in [0.25, 0.3) is 0 Å². The molecule has 2 nitrogen and oxygen atoms in total. The molecule has 64 valence electrons. The molecule has 0 aromatic carbocycles.